The van der Waals surface area contributed by atoms with Gasteiger partial charge in [-0.3, -0.25) is 0 Å². The number of likely N-dealkylation sites (tertiary alicyclic amines) is 1. The molecule has 1 aliphatic heterocycles. The zero-order chi connectivity index (χ0) is 15.4. The maximum absolute atomic E-state index is 12.2. The Hall–Kier alpha value is -2.33. The number of aliphatic hydroxyl groups excluding tert-OH is 1. The van der Waals surface area contributed by atoms with Crippen LogP contribution in [0.1, 0.15) is 12.8 Å². The van der Waals surface area contributed by atoms with Crippen molar-refractivity contribution < 1.29 is 9.90 Å². The van der Waals surface area contributed by atoms with E-state index in [4.69, 9.17) is 0 Å². The molecule has 114 valence electrons. The predicted octanol–water partition coefficient (Wildman–Crippen LogP) is 3.34. The molecule has 0 saturated carbocycles. The number of aliphatic hydroxyl groups is 1. The summed E-state index contributed by atoms with van der Waals surface area (Å²) in [6, 6.07) is 17.7. The first-order chi connectivity index (χ1) is 10.8. The molecule has 1 atom stereocenters. The van der Waals surface area contributed by atoms with Crippen LogP contribution in [0.15, 0.2) is 54.6 Å². The molecule has 1 fully saturated rings. The van der Waals surface area contributed by atoms with E-state index in [9.17, 15) is 9.90 Å². The van der Waals surface area contributed by atoms with Gasteiger partial charge < -0.3 is 15.3 Å². The molecule has 1 aliphatic rings. The van der Waals surface area contributed by atoms with Gasteiger partial charge in [0.25, 0.3) is 0 Å². The molecule has 1 saturated heterocycles. The number of urea groups is 1. The Morgan fingerprint density at radius 3 is 2.45 bits per heavy atom. The summed E-state index contributed by atoms with van der Waals surface area (Å²) in [6.07, 6.45) is 1.82. The summed E-state index contributed by atoms with van der Waals surface area (Å²) in [4.78, 5) is 14.0. The Balaban J connectivity index is 1.67. The zero-order valence-electron chi connectivity index (χ0n) is 12.4. The van der Waals surface area contributed by atoms with Crippen molar-refractivity contribution in [2.45, 2.75) is 18.9 Å². The molecule has 0 bridgehead atoms. The fourth-order valence-corrected chi connectivity index (χ4v) is 2.86. The van der Waals surface area contributed by atoms with Gasteiger partial charge in [0.2, 0.25) is 0 Å². The van der Waals surface area contributed by atoms with E-state index in [-0.39, 0.29) is 18.7 Å². The minimum absolute atomic E-state index is 0.0281. The topological polar surface area (TPSA) is 52.6 Å². The fraction of sp³-hybridized carbons (Fsp3) is 0.278. The smallest absolute Gasteiger partial charge is 0.322 e. The van der Waals surface area contributed by atoms with Gasteiger partial charge in [0.05, 0.1) is 12.6 Å². The number of carbonyl (C=O) groups is 1. The lowest BCUT2D eigenvalue weighted by atomic mass is 10.1. The lowest BCUT2D eigenvalue weighted by molar-refractivity contribution is 0.166. The third-order valence-electron chi connectivity index (χ3n) is 4.09. The Kier molecular flexibility index (Phi) is 4.39. The van der Waals surface area contributed by atoms with Crippen molar-refractivity contribution >= 4 is 11.7 Å². The Morgan fingerprint density at radius 1 is 1.09 bits per heavy atom. The second kappa shape index (κ2) is 6.62. The molecule has 1 heterocycles. The van der Waals surface area contributed by atoms with E-state index >= 15 is 0 Å². The van der Waals surface area contributed by atoms with Crippen molar-refractivity contribution in [2.75, 3.05) is 18.5 Å². The van der Waals surface area contributed by atoms with Crippen LogP contribution in [0.3, 0.4) is 0 Å². The summed E-state index contributed by atoms with van der Waals surface area (Å²) in [5.74, 6) is 0. The van der Waals surface area contributed by atoms with Crippen molar-refractivity contribution in [1.82, 2.24) is 4.90 Å². The molecule has 3 rings (SSSR count). The van der Waals surface area contributed by atoms with E-state index in [1.165, 1.54) is 0 Å². The number of nitrogens with one attached hydrogen (secondary N) is 1. The molecule has 2 amide bonds. The minimum Gasteiger partial charge on any atom is -0.394 e. The van der Waals surface area contributed by atoms with Crippen LogP contribution in [0, 0.1) is 0 Å². The van der Waals surface area contributed by atoms with Crippen LogP contribution in [0.4, 0.5) is 10.5 Å². The highest BCUT2D eigenvalue weighted by atomic mass is 16.3. The van der Waals surface area contributed by atoms with Crippen LogP contribution in [0.5, 0.6) is 0 Å². The van der Waals surface area contributed by atoms with Crippen molar-refractivity contribution in [3.63, 3.8) is 0 Å². The lowest BCUT2D eigenvalue weighted by Gasteiger charge is -2.23. The highest BCUT2D eigenvalue weighted by Crippen LogP contribution is 2.22. The first kappa shape index (κ1) is 14.6. The molecule has 2 aromatic rings. The van der Waals surface area contributed by atoms with Crippen molar-refractivity contribution in [3.05, 3.63) is 54.6 Å². The summed E-state index contributed by atoms with van der Waals surface area (Å²) in [5, 5.41) is 12.2. The maximum Gasteiger partial charge on any atom is 0.322 e. The van der Waals surface area contributed by atoms with Gasteiger partial charge >= 0.3 is 6.03 Å². The van der Waals surface area contributed by atoms with E-state index in [0.717, 1.165) is 29.7 Å². The summed E-state index contributed by atoms with van der Waals surface area (Å²) >= 11 is 0. The molecule has 4 nitrogen and oxygen atoms in total. The number of hydrogen-bond acceptors (Lipinski definition) is 2. The molecule has 0 spiro atoms. The van der Waals surface area contributed by atoms with Gasteiger partial charge in [0.15, 0.2) is 0 Å². The SMILES string of the molecule is O=C(Nc1ccc(-c2ccccc2)cc1)N1CCC[C@H]1CO. The van der Waals surface area contributed by atoms with Gasteiger partial charge in [-0.2, -0.15) is 0 Å². The van der Waals surface area contributed by atoms with Gasteiger partial charge in [-0.1, -0.05) is 42.5 Å². The van der Waals surface area contributed by atoms with E-state index in [1.807, 2.05) is 42.5 Å². The molecule has 0 unspecified atom stereocenters. The molecule has 0 aromatic heterocycles. The third-order valence-corrected chi connectivity index (χ3v) is 4.09. The molecular weight excluding hydrogens is 276 g/mol. The summed E-state index contributed by atoms with van der Waals surface area (Å²) in [5.41, 5.74) is 3.04. The van der Waals surface area contributed by atoms with Crippen molar-refractivity contribution in [3.8, 4) is 11.1 Å². The van der Waals surface area contributed by atoms with E-state index < -0.39 is 0 Å². The van der Waals surface area contributed by atoms with Gasteiger partial charge in [0, 0.05) is 12.2 Å². The second-order valence-corrected chi connectivity index (χ2v) is 5.55. The first-order valence-electron chi connectivity index (χ1n) is 7.62. The van der Waals surface area contributed by atoms with Crippen LogP contribution in [0.25, 0.3) is 11.1 Å². The molecule has 2 aromatic carbocycles. The second-order valence-electron chi connectivity index (χ2n) is 5.55. The van der Waals surface area contributed by atoms with Gasteiger partial charge in [-0.15, -0.1) is 0 Å². The molecule has 0 radical (unpaired) electrons. The Labute approximate surface area is 130 Å². The molecule has 2 N–H and O–H groups in total. The first-order valence-corrected chi connectivity index (χ1v) is 7.62. The number of amides is 2. The summed E-state index contributed by atoms with van der Waals surface area (Å²) < 4.78 is 0. The quantitative estimate of drug-likeness (QED) is 0.912. The van der Waals surface area contributed by atoms with Crippen LogP contribution < -0.4 is 5.32 Å². The van der Waals surface area contributed by atoms with Crippen LogP contribution in [-0.4, -0.2) is 35.2 Å². The molecule has 0 aliphatic carbocycles. The molecule has 4 heteroatoms. The standard InChI is InChI=1S/C18H20N2O2/c21-13-17-7-4-12-20(17)18(22)19-16-10-8-15(9-11-16)14-5-2-1-3-6-14/h1-3,5-6,8-11,17,21H,4,7,12-13H2,(H,19,22)/t17-/m0/s1. The Bertz CT molecular complexity index is 625. The minimum atomic E-state index is -0.135. The van der Waals surface area contributed by atoms with Crippen molar-refractivity contribution in [1.29, 1.82) is 0 Å². The number of benzene rings is 2. The normalized spacial score (nSPS) is 17.5. The van der Waals surface area contributed by atoms with Gasteiger partial charge in [-0.05, 0) is 36.1 Å². The highest BCUT2D eigenvalue weighted by molar-refractivity contribution is 5.90. The van der Waals surface area contributed by atoms with E-state index in [2.05, 4.69) is 17.4 Å². The van der Waals surface area contributed by atoms with Crippen LogP contribution >= 0.6 is 0 Å². The number of carbonyl (C=O) groups excluding carboxylic acids is 1. The number of nitrogens with zero attached hydrogens (tertiary/aromatic N) is 1. The highest BCUT2D eigenvalue weighted by Gasteiger charge is 2.27. The monoisotopic (exact) mass is 296 g/mol. The largest absolute Gasteiger partial charge is 0.394 e. The number of rotatable bonds is 3. The van der Waals surface area contributed by atoms with Crippen molar-refractivity contribution in [2.24, 2.45) is 0 Å². The average Bonchev–Trinajstić information content (AvgIpc) is 3.05. The molecular formula is C18H20N2O2. The third kappa shape index (κ3) is 3.12. The predicted molar refractivity (Wildman–Crippen MR) is 87.7 cm³/mol. The Morgan fingerprint density at radius 2 is 1.77 bits per heavy atom. The average molecular weight is 296 g/mol. The number of anilines is 1. The fourth-order valence-electron chi connectivity index (χ4n) is 2.86. The van der Waals surface area contributed by atoms with Gasteiger partial charge in [-0.25, -0.2) is 4.79 Å². The zero-order valence-corrected chi connectivity index (χ0v) is 12.4. The van der Waals surface area contributed by atoms with Crippen LogP contribution in [-0.2, 0) is 0 Å². The van der Waals surface area contributed by atoms with E-state index in [0.29, 0.717) is 6.54 Å². The molecule has 22 heavy (non-hydrogen) atoms. The number of hydrogen-bond donors (Lipinski definition) is 2. The summed E-state index contributed by atoms with van der Waals surface area (Å²) in [6.45, 7) is 0.736. The van der Waals surface area contributed by atoms with Gasteiger partial charge in [0.1, 0.15) is 0 Å². The van der Waals surface area contributed by atoms with E-state index in [1.54, 1.807) is 4.90 Å². The maximum atomic E-state index is 12.2. The van der Waals surface area contributed by atoms with Crippen LogP contribution in [0.2, 0.25) is 0 Å². The lowest BCUT2D eigenvalue weighted by Crippen LogP contribution is -2.40. The summed E-state index contributed by atoms with van der Waals surface area (Å²) in [7, 11) is 0.